The molecule has 0 radical (unpaired) electrons. The van der Waals surface area contributed by atoms with Crippen LogP contribution in [0.3, 0.4) is 0 Å². The molecule has 0 aliphatic carbocycles. The standard InChI is InChI=1S/C12H13N5O5S/c18-17(19)9-5-1-2-6-10(9)23(20,21)16-12-15-14-11(22-12)8-4-3-7-13-8/h1-2,5-6,8,13H,3-4,7H2,(H,15,16). The van der Waals surface area contributed by atoms with Crippen LogP contribution in [0, 0.1) is 10.1 Å². The van der Waals surface area contributed by atoms with E-state index in [0.717, 1.165) is 31.5 Å². The molecule has 2 heterocycles. The molecular weight excluding hydrogens is 326 g/mol. The van der Waals surface area contributed by atoms with E-state index in [2.05, 4.69) is 20.2 Å². The number of nitrogens with one attached hydrogen (secondary N) is 2. The molecule has 1 saturated heterocycles. The second kappa shape index (κ2) is 5.93. The topological polar surface area (TPSA) is 140 Å². The molecule has 23 heavy (non-hydrogen) atoms. The highest BCUT2D eigenvalue weighted by Gasteiger charge is 2.28. The summed E-state index contributed by atoms with van der Waals surface area (Å²) in [4.78, 5) is 9.72. The van der Waals surface area contributed by atoms with Crippen LogP contribution in [0.5, 0.6) is 0 Å². The van der Waals surface area contributed by atoms with E-state index in [0.29, 0.717) is 0 Å². The summed E-state index contributed by atoms with van der Waals surface area (Å²) in [6.07, 6.45) is 1.78. The van der Waals surface area contributed by atoms with Crippen molar-refractivity contribution in [3.63, 3.8) is 0 Å². The van der Waals surface area contributed by atoms with Crippen molar-refractivity contribution < 1.29 is 17.8 Å². The Balaban J connectivity index is 1.86. The van der Waals surface area contributed by atoms with Gasteiger partial charge < -0.3 is 9.73 Å². The number of nitrogens with zero attached hydrogens (tertiary/aromatic N) is 3. The smallest absolute Gasteiger partial charge is 0.329 e. The maximum atomic E-state index is 12.3. The Hall–Kier alpha value is -2.53. The largest absolute Gasteiger partial charge is 0.406 e. The minimum Gasteiger partial charge on any atom is -0.406 e. The summed E-state index contributed by atoms with van der Waals surface area (Å²) >= 11 is 0. The van der Waals surface area contributed by atoms with E-state index in [1.807, 2.05) is 0 Å². The van der Waals surface area contributed by atoms with Gasteiger partial charge in [-0.2, -0.15) is 0 Å². The van der Waals surface area contributed by atoms with Gasteiger partial charge in [0.05, 0.1) is 11.0 Å². The summed E-state index contributed by atoms with van der Waals surface area (Å²) in [5, 5.41) is 21.5. The Bertz CT molecular complexity index is 828. The highest BCUT2D eigenvalue weighted by molar-refractivity contribution is 7.92. The van der Waals surface area contributed by atoms with Crippen molar-refractivity contribution in [1.29, 1.82) is 0 Å². The van der Waals surface area contributed by atoms with Gasteiger partial charge in [-0.25, -0.2) is 13.1 Å². The highest BCUT2D eigenvalue weighted by atomic mass is 32.2. The summed E-state index contributed by atoms with van der Waals surface area (Å²) in [7, 11) is -4.21. The van der Waals surface area contributed by atoms with E-state index >= 15 is 0 Å². The molecule has 1 atom stereocenters. The van der Waals surface area contributed by atoms with Gasteiger partial charge in [0.15, 0.2) is 4.90 Å². The van der Waals surface area contributed by atoms with Crippen LogP contribution >= 0.6 is 0 Å². The number of hydrogen-bond donors (Lipinski definition) is 2. The first-order chi connectivity index (χ1) is 11.0. The number of nitro groups is 1. The maximum absolute atomic E-state index is 12.3. The van der Waals surface area contributed by atoms with E-state index in [1.54, 1.807) is 0 Å². The Morgan fingerprint density at radius 2 is 2.13 bits per heavy atom. The minimum atomic E-state index is -4.21. The average molecular weight is 339 g/mol. The zero-order chi connectivity index (χ0) is 16.4. The van der Waals surface area contributed by atoms with Gasteiger partial charge in [-0.05, 0) is 25.5 Å². The first kappa shape index (κ1) is 15.4. The number of para-hydroxylation sites is 1. The molecule has 1 aliphatic rings. The first-order valence-corrected chi connectivity index (χ1v) is 8.29. The average Bonchev–Trinajstić information content (AvgIpc) is 3.17. The summed E-state index contributed by atoms with van der Waals surface area (Å²) < 4.78 is 32.0. The zero-order valence-corrected chi connectivity index (χ0v) is 12.6. The number of anilines is 1. The molecule has 0 bridgehead atoms. The molecule has 1 aliphatic heterocycles. The number of hydrogen-bond acceptors (Lipinski definition) is 8. The molecule has 0 amide bonds. The van der Waals surface area contributed by atoms with Crippen LogP contribution in [0.25, 0.3) is 0 Å². The SMILES string of the molecule is O=[N+]([O-])c1ccccc1S(=O)(=O)Nc1nnc(C2CCCN2)o1. The third-order valence-electron chi connectivity index (χ3n) is 3.37. The highest BCUT2D eigenvalue weighted by Crippen LogP contribution is 2.27. The molecule has 1 aromatic heterocycles. The third-order valence-corrected chi connectivity index (χ3v) is 4.74. The summed E-state index contributed by atoms with van der Waals surface area (Å²) in [6.45, 7) is 0.824. The molecule has 10 nitrogen and oxygen atoms in total. The lowest BCUT2D eigenvalue weighted by Crippen LogP contribution is -2.15. The van der Waals surface area contributed by atoms with Crippen LogP contribution in [-0.4, -0.2) is 30.1 Å². The number of aromatic nitrogens is 2. The fourth-order valence-electron chi connectivity index (χ4n) is 2.32. The monoisotopic (exact) mass is 339 g/mol. The zero-order valence-electron chi connectivity index (χ0n) is 11.8. The molecular formula is C12H13N5O5S. The van der Waals surface area contributed by atoms with Gasteiger partial charge in [0, 0.05) is 6.07 Å². The predicted octanol–water partition coefficient (Wildman–Crippen LogP) is 1.20. The molecule has 0 saturated carbocycles. The summed E-state index contributed by atoms with van der Waals surface area (Å²) in [5.74, 6) is 0.280. The maximum Gasteiger partial charge on any atom is 0.329 e. The molecule has 1 unspecified atom stereocenters. The number of rotatable bonds is 5. The molecule has 1 aromatic carbocycles. The van der Waals surface area contributed by atoms with Crippen molar-refractivity contribution in [2.45, 2.75) is 23.8 Å². The molecule has 122 valence electrons. The molecule has 3 rings (SSSR count). The molecule has 0 spiro atoms. The Morgan fingerprint density at radius 3 is 2.83 bits per heavy atom. The Labute approximate surface area is 131 Å². The van der Waals surface area contributed by atoms with Gasteiger partial charge in [-0.15, -0.1) is 5.10 Å². The second-order valence-electron chi connectivity index (χ2n) is 4.92. The fraction of sp³-hybridized carbons (Fsp3) is 0.333. The van der Waals surface area contributed by atoms with Crippen molar-refractivity contribution in [2.24, 2.45) is 0 Å². The lowest BCUT2D eigenvalue weighted by molar-refractivity contribution is -0.387. The number of sulfonamides is 1. The predicted molar refractivity (Wildman–Crippen MR) is 78.2 cm³/mol. The van der Waals surface area contributed by atoms with Crippen LogP contribution in [-0.2, 0) is 10.0 Å². The fourth-order valence-corrected chi connectivity index (χ4v) is 3.42. The van der Waals surface area contributed by atoms with E-state index < -0.39 is 25.5 Å². The summed E-state index contributed by atoms with van der Waals surface area (Å²) in [6, 6.07) is 4.59. The first-order valence-electron chi connectivity index (χ1n) is 6.80. The van der Waals surface area contributed by atoms with E-state index in [4.69, 9.17) is 4.42 Å². The molecule has 11 heteroatoms. The minimum absolute atomic E-state index is 0.105. The van der Waals surface area contributed by atoms with Gasteiger partial charge in [0.25, 0.3) is 15.7 Å². The van der Waals surface area contributed by atoms with Gasteiger partial charge in [0.1, 0.15) is 0 Å². The normalized spacial score (nSPS) is 18.0. The number of benzene rings is 1. The lowest BCUT2D eigenvalue weighted by Gasteiger charge is -2.05. The third kappa shape index (κ3) is 3.14. The van der Waals surface area contributed by atoms with Crippen molar-refractivity contribution >= 4 is 21.7 Å². The number of nitro benzene ring substituents is 1. The van der Waals surface area contributed by atoms with Gasteiger partial charge in [0.2, 0.25) is 5.89 Å². The van der Waals surface area contributed by atoms with Crippen LogP contribution in [0.15, 0.2) is 33.6 Å². The van der Waals surface area contributed by atoms with Crippen LogP contribution in [0.1, 0.15) is 24.8 Å². The molecule has 2 aromatic rings. The van der Waals surface area contributed by atoms with Gasteiger partial charge >= 0.3 is 6.01 Å². The molecule has 1 fully saturated rings. The van der Waals surface area contributed by atoms with Crippen molar-refractivity contribution in [2.75, 3.05) is 11.3 Å². The second-order valence-corrected chi connectivity index (χ2v) is 6.58. The van der Waals surface area contributed by atoms with E-state index in [1.165, 1.54) is 12.1 Å². The van der Waals surface area contributed by atoms with Crippen LogP contribution in [0.4, 0.5) is 11.7 Å². The Morgan fingerprint density at radius 1 is 1.35 bits per heavy atom. The quantitative estimate of drug-likeness (QED) is 0.611. The van der Waals surface area contributed by atoms with Crippen LogP contribution in [0.2, 0.25) is 0 Å². The van der Waals surface area contributed by atoms with Crippen LogP contribution < -0.4 is 10.0 Å². The van der Waals surface area contributed by atoms with Crippen molar-refractivity contribution in [3.05, 3.63) is 40.3 Å². The van der Waals surface area contributed by atoms with Gasteiger partial charge in [-0.1, -0.05) is 17.2 Å². The van der Waals surface area contributed by atoms with E-state index in [9.17, 15) is 18.5 Å². The van der Waals surface area contributed by atoms with E-state index in [-0.39, 0.29) is 17.9 Å². The molecule has 2 N–H and O–H groups in total. The summed E-state index contributed by atoms with van der Waals surface area (Å²) in [5.41, 5.74) is -0.530. The van der Waals surface area contributed by atoms with Crippen molar-refractivity contribution in [3.8, 4) is 0 Å². The lowest BCUT2D eigenvalue weighted by atomic mass is 10.2. The van der Waals surface area contributed by atoms with Crippen molar-refractivity contribution in [1.82, 2.24) is 15.5 Å². The van der Waals surface area contributed by atoms with Gasteiger partial charge in [-0.3, -0.25) is 10.1 Å². The Kier molecular flexibility index (Phi) is 3.96.